The number of alkyl halides is 3. The van der Waals surface area contributed by atoms with Crippen molar-refractivity contribution in [3.05, 3.63) is 18.2 Å². The van der Waals surface area contributed by atoms with Gasteiger partial charge in [-0.25, -0.2) is 9.78 Å². The monoisotopic (exact) mass is 334 g/mol. The Balaban J connectivity index is 2.00. The van der Waals surface area contributed by atoms with Crippen molar-refractivity contribution < 1.29 is 22.7 Å². The van der Waals surface area contributed by atoms with Crippen LogP contribution in [0.5, 0.6) is 0 Å². The topological polar surface area (TPSA) is 59.4 Å². The number of halogens is 3. The lowest BCUT2D eigenvalue weighted by atomic mass is 10.1. The molecule has 0 aromatic carbocycles. The Kier molecular flexibility index (Phi) is 4.88. The molecular formula is C14H21F3N4O2. The van der Waals surface area contributed by atoms with Crippen molar-refractivity contribution in [3.8, 4) is 0 Å². The predicted molar refractivity (Wildman–Crippen MR) is 76.7 cm³/mol. The van der Waals surface area contributed by atoms with Crippen molar-refractivity contribution in [2.45, 2.75) is 51.7 Å². The number of rotatable bonds is 3. The van der Waals surface area contributed by atoms with Gasteiger partial charge in [0.05, 0.1) is 25.2 Å². The van der Waals surface area contributed by atoms with Crippen LogP contribution in [0.2, 0.25) is 0 Å². The lowest BCUT2D eigenvalue weighted by Gasteiger charge is -2.43. The van der Waals surface area contributed by atoms with Crippen LogP contribution in [-0.2, 0) is 17.8 Å². The van der Waals surface area contributed by atoms with Crippen LogP contribution in [0.25, 0.3) is 0 Å². The minimum absolute atomic E-state index is 0.0909. The second-order valence-electron chi connectivity index (χ2n) is 6.08. The van der Waals surface area contributed by atoms with Crippen LogP contribution in [0, 0.1) is 0 Å². The second kappa shape index (κ2) is 6.38. The molecule has 0 radical (unpaired) electrons. The lowest BCUT2D eigenvalue weighted by Crippen LogP contribution is -2.60. The molecular weight excluding hydrogens is 313 g/mol. The molecule has 1 fully saturated rings. The first-order chi connectivity index (χ1) is 10.6. The highest BCUT2D eigenvalue weighted by atomic mass is 19.4. The molecule has 1 aliphatic heterocycles. The van der Waals surface area contributed by atoms with Crippen LogP contribution in [0.3, 0.4) is 0 Å². The molecule has 0 aliphatic carbocycles. The molecule has 1 unspecified atom stereocenters. The minimum Gasteiger partial charge on any atom is -0.359 e. The summed E-state index contributed by atoms with van der Waals surface area (Å²) >= 11 is 0. The van der Waals surface area contributed by atoms with E-state index in [0.717, 1.165) is 4.90 Å². The Hall–Kier alpha value is -1.77. The average molecular weight is 334 g/mol. The first kappa shape index (κ1) is 17.6. The van der Waals surface area contributed by atoms with Gasteiger partial charge in [-0.05, 0) is 20.8 Å². The van der Waals surface area contributed by atoms with Gasteiger partial charge in [0.2, 0.25) is 0 Å². The smallest absolute Gasteiger partial charge is 0.359 e. The number of amides is 2. The summed E-state index contributed by atoms with van der Waals surface area (Å²) in [6.07, 6.45) is -3.09. The van der Waals surface area contributed by atoms with Crippen molar-refractivity contribution >= 4 is 6.03 Å². The normalized spacial score (nSPS) is 21.3. The molecule has 2 heterocycles. The van der Waals surface area contributed by atoms with Crippen LogP contribution < -0.4 is 5.32 Å². The van der Waals surface area contributed by atoms with Gasteiger partial charge in [-0.2, -0.15) is 13.2 Å². The summed E-state index contributed by atoms with van der Waals surface area (Å²) in [7, 11) is 0. The van der Waals surface area contributed by atoms with E-state index in [1.807, 2.05) is 11.5 Å². The molecule has 1 N–H and O–H groups in total. The molecule has 0 bridgehead atoms. The standard InChI is InChI=1S/C14H21F3N4O2/c1-4-20-6-5-18-11(20)7-19-12(22)21-8-10(14(15,16)17)23-13(2,3)9-21/h5-6,10H,4,7-9H2,1-3H3,(H,19,22). The maximum atomic E-state index is 12.9. The van der Waals surface area contributed by atoms with Crippen molar-refractivity contribution in [1.82, 2.24) is 19.8 Å². The maximum Gasteiger partial charge on any atom is 0.416 e. The van der Waals surface area contributed by atoms with E-state index in [2.05, 4.69) is 10.3 Å². The van der Waals surface area contributed by atoms with E-state index >= 15 is 0 Å². The summed E-state index contributed by atoms with van der Waals surface area (Å²) in [5.41, 5.74) is -1.06. The Morgan fingerprint density at radius 3 is 2.83 bits per heavy atom. The fourth-order valence-corrected chi connectivity index (χ4v) is 2.57. The van der Waals surface area contributed by atoms with Crippen molar-refractivity contribution in [2.75, 3.05) is 13.1 Å². The summed E-state index contributed by atoms with van der Waals surface area (Å²) in [6, 6.07) is -0.554. The highest BCUT2D eigenvalue weighted by molar-refractivity contribution is 5.74. The van der Waals surface area contributed by atoms with Gasteiger partial charge in [0.1, 0.15) is 5.82 Å². The number of nitrogens with one attached hydrogen (secondary N) is 1. The zero-order valence-corrected chi connectivity index (χ0v) is 13.4. The summed E-state index contributed by atoms with van der Waals surface area (Å²) in [4.78, 5) is 17.5. The third-order valence-corrected chi connectivity index (χ3v) is 3.61. The highest BCUT2D eigenvalue weighted by Gasteiger charge is 2.49. The third-order valence-electron chi connectivity index (χ3n) is 3.61. The van der Waals surface area contributed by atoms with E-state index < -0.39 is 30.5 Å². The zero-order valence-electron chi connectivity index (χ0n) is 13.4. The Morgan fingerprint density at radius 2 is 2.22 bits per heavy atom. The van der Waals surface area contributed by atoms with Gasteiger partial charge in [-0.1, -0.05) is 0 Å². The number of urea groups is 1. The van der Waals surface area contributed by atoms with Gasteiger partial charge in [-0.15, -0.1) is 0 Å². The van der Waals surface area contributed by atoms with Crippen LogP contribution in [-0.4, -0.2) is 51.5 Å². The molecule has 1 aromatic heterocycles. The van der Waals surface area contributed by atoms with E-state index in [1.165, 1.54) is 13.8 Å². The van der Waals surface area contributed by atoms with Gasteiger partial charge in [0.25, 0.3) is 0 Å². The average Bonchev–Trinajstić information content (AvgIpc) is 2.89. The fourth-order valence-electron chi connectivity index (χ4n) is 2.57. The lowest BCUT2D eigenvalue weighted by molar-refractivity contribution is -0.267. The van der Waals surface area contributed by atoms with Gasteiger partial charge in [0, 0.05) is 18.9 Å². The molecule has 0 saturated carbocycles. The van der Waals surface area contributed by atoms with E-state index in [0.29, 0.717) is 12.4 Å². The summed E-state index contributed by atoms with van der Waals surface area (Å²) in [6.45, 7) is 5.45. The molecule has 1 atom stereocenters. The van der Waals surface area contributed by atoms with Crippen molar-refractivity contribution in [1.29, 1.82) is 0 Å². The molecule has 2 amide bonds. The van der Waals surface area contributed by atoms with Gasteiger partial charge in [0.15, 0.2) is 6.10 Å². The third kappa shape index (κ3) is 4.37. The van der Waals surface area contributed by atoms with E-state index in [9.17, 15) is 18.0 Å². The van der Waals surface area contributed by atoms with Crippen LogP contribution in [0.1, 0.15) is 26.6 Å². The summed E-state index contributed by atoms with van der Waals surface area (Å²) < 4.78 is 45.7. The SMILES string of the molecule is CCn1ccnc1CNC(=O)N1CC(C(F)(F)F)OC(C)(C)C1. The predicted octanol–water partition coefficient (Wildman–Crippen LogP) is 2.15. The molecule has 2 rings (SSSR count). The minimum atomic E-state index is -4.51. The molecule has 130 valence electrons. The number of morpholine rings is 1. The second-order valence-corrected chi connectivity index (χ2v) is 6.08. The molecule has 1 saturated heterocycles. The Bertz CT molecular complexity index is 556. The number of ether oxygens (including phenoxy) is 1. The van der Waals surface area contributed by atoms with E-state index in [1.54, 1.807) is 12.4 Å². The number of carbonyl (C=O) groups is 1. The molecule has 6 nitrogen and oxygen atoms in total. The molecule has 9 heteroatoms. The number of imidazole rings is 1. The summed E-state index contributed by atoms with van der Waals surface area (Å²) in [5, 5.41) is 2.62. The van der Waals surface area contributed by atoms with Crippen LogP contribution in [0.4, 0.5) is 18.0 Å². The Labute approximate surface area is 132 Å². The van der Waals surface area contributed by atoms with Crippen LogP contribution >= 0.6 is 0 Å². The first-order valence-electron chi connectivity index (χ1n) is 7.39. The molecule has 23 heavy (non-hydrogen) atoms. The number of nitrogens with zero attached hydrogens (tertiary/aromatic N) is 3. The number of hydrogen-bond acceptors (Lipinski definition) is 3. The van der Waals surface area contributed by atoms with E-state index in [-0.39, 0.29) is 13.1 Å². The van der Waals surface area contributed by atoms with Gasteiger partial charge < -0.3 is 19.5 Å². The van der Waals surface area contributed by atoms with Gasteiger partial charge >= 0.3 is 12.2 Å². The zero-order chi connectivity index (χ0) is 17.3. The number of carbonyl (C=O) groups excluding carboxylic acids is 1. The highest BCUT2D eigenvalue weighted by Crippen LogP contribution is 2.31. The largest absolute Gasteiger partial charge is 0.416 e. The molecule has 0 spiro atoms. The molecule has 1 aromatic rings. The van der Waals surface area contributed by atoms with E-state index in [4.69, 9.17) is 4.74 Å². The maximum absolute atomic E-state index is 12.9. The number of aryl methyl sites for hydroxylation is 1. The fraction of sp³-hybridized carbons (Fsp3) is 0.714. The van der Waals surface area contributed by atoms with Crippen LogP contribution in [0.15, 0.2) is 12.4 Å². The number of aromatic nitrogens is 2. The van der Waals surface area contributed by atoms with Gasteiger partial charge in [-0.3, -0.25) is 0 Å². The van der Waals surface area contributed by atoms with Crippen molar-refractivity contribution in [2.24, 2.45) is 0 Å². The van der Waals surface area contributed by atoms with Crippen molar-refractivity contribution in [3.63, 3.8) is 0 Å². The Morgan fingerprint density at radius 1 is 1.52 bits per heavy atom. The molecule has 1 aliphatic rings. The number of hydrogen-bond donors (Lipinski definition) is 1. The summed E-state index contributed by atoms with van der Waals surface area (Å²) in [5.74, 6) is 0.653. The quantitative estimate of drug-likeness (QED) is 0.921. The first-order valence-corrected chi connectivity index (χ1v) is 7.39.